The van der Waals surface area contributed by atoms with Gasteiger partial charge in [0.1, 0.15) is 29.7 Å². The van der Waals surface area contributed by atoms with Crippen LogP contribution in [0, 0.1) is 0 Å². The minimum Gasteiger partial charge on any atom is -0.457 e. The van der Waals surface area contributed by atoms with Crippen LogP contribution in [0.25, 0.3) is 10.8 Å². The van der Waals surface area contributed by atoms with Crippen molar-refractivity contribution in [3.63, 3.8) is 0 Å². The Kier molecular flexibility index (Phi) is 10.0. The van der Waals surface area contributed by atoms with Gasteiger partial charge in [0.25, 0.3) is 29.5 Å². The molecule has 12 nitrogen and oxygen atoms in total. The quantitative estimate of drug-likeness (QED) is 0.105. The molecular formula is C43H30N4O8V. The molecule has 5 amide bonds. The van der Waals surface area contributed by atoms with Crippen molar-refractivity contribution in [1.82, 2.24) is 9.80 Å². The summed E-state index contributed by atoms with van der Waals surface area (Å²) in [6, 6.07) is 34.1. The number of carbonyl (C=O) groups excluding carboxylic acids is 6. The molecule has 0 unspecified atom stereocenters. The first-order chi connectivity index (χ1) is 26.6. The summed E-state index contributed by atoms with van der Waals surface area (Å²) in [4.78, 5) is 79.5. The van der Waals surface area contributed by atoms with Gasteiger partial charge in [0.05, 0.1) is 22.3 Å². The van der Waals surface area contributed by atoms with E-state index < -0.39 is 36.2 Å². The summed E-state index contributed by atoms with van der Waals surface area (Å²) in [7, 11) is 1.85. The zero-order valence-electron chi connectivity index (χ0n) is 29.9. The molecule has 8 rings (SSSR count). The summed E-state index contributed by atoms with van der Waals surface area (Å²) in [5.41, 5.74) is 1.88. The van der Waals surface area contributed by atoms with Crippen LogP contribution < -0.4 is 20.1 Å². The number of Topliss-reactive ketones (excluding diaryl/α,β-unsaturated/α-hetero) is 1. The molecule has 13 heteroatoms. The van der Waals surface area contributed by atoms with Gasteiger partial charge in [0.2, 0.25) is 0 Å². The van der Waals surface area contributed by atoms with Crippen LogP contribution in [0.15, 0.2) is 121 Å². The number of imide groups is 2. The van der Waals surface area contributed by atoms with Gasteiger partial charge in [-0.2, -0.15) is 0 Å². The van der Waals surface area contributed by atoms with Crippen molar-refractivity contribution in [1.29, 1.82) is 0 Å². The molecular weight excluding hydrogens is 751 g/mol. The summed E-state index contributed by atoms with van der Waals surface area (Å²) in [5.74, 6) is -1.34. The molecule has 56 heavy (non-hydrogen) atoms. The number of rotatable bonds is 10. The second kappa shape index (κ2) is 15.0. The van der Waals surface area contributed by atoms with Crippen LogP contribution in [0.1, 0.15) is 69.1 Å². The van der Waals surface area contributed by atoms with E-state index >= 15 is 0 Å². The van der Waals surface area contributed by atoms with Crippen molar-refractivity contribution < 1.29 is 56.8 Å². The van der Waals surface area contributed by atoms with Gasteiger partial charge in [-0.15, -0.1) is 0 Å². The van der Waals surface area contributed by atoms with Gasteiger partial charge in [-0.1, -0.05) is 30.3 Å². The maximum atomic E-state index is 13.4. The number of fused-ring (bicyclic) bond motifs is 3. The molecule has 0 saturated carbocycles. The fraction of sp³-hybridized carbons (Fsp3) is 0.0698. The number of nitrogens with one attached hydrogen (secondary N) is 2. The predicted octanol–water partition coefficient (Wildman–Crippen LogP) is 7.77. The maximum absolute atomic E-state index is 13.4. The number of anilines is 2. The fourth-order valence-electron chi connectivity index (χ4n) is 6.49. The number of hydrogen-bond acceptors (Lipinski definition) is 9. The molecule has 0 bridgehead atoms. The second-order valence-electron chi connectivity index (χ2n) is 12.9. The van der Waals surface area contributed by atoms with Gasteiger partial charge in [-0.25, -0.2) is 0 Å². The van der Waals surface area contributed by atoms with E-state index in [1.807, 2.05) is 67.7 Å². The molecule has 0 saturated heterocycles. The fourth-order valence-corrected chi connectivity index (χ4v) is 6.49. The standard InChI is InChI=1S/C43H30N4O8.V/c1-24(48)25-7-17-34-36(20-25)42(52)46(40(34)50)23-47-41(51)35-18-8-27(21-37(35)43(47)53)39(49)45-29-11-15-31(16-12-29)55-38-22-32(19-26-5-3-4-6-33(26)38)54-30-13-9-28(44-2)10-14-30;/h3-22,44H,23H2,1-2H3,(H,45,49);. The largest absolute Gasteiger partial charge is 0.457 e. The van der Waals surface area contributed by atoms with E-state index in [2.05, 4.69) is 10.6 Å². The molecule has 0 fully saturated rings. The number of ether oxygens (including phenoxy) is 2. The van der Waals surface area contributed by atoms with Gasteiger partial charge in [-0.3, -0.25) is 38.6 Å². The second-order valence-corrected chi connectivity index (χ2v) is 12.9. The maximum Gasteiger partial charge on any atom is 0.263 e. The molecule has 2 aliphatic heterocycles. The molecule has 2 heterocycles. The molecule has 0 aliphatic carbocycles. The molecule has 2 N–H and O–H groups in total. The van der Waals surface area contributed by atoms with Crippen molar-refractivity contribution in [2.45, 2.75) is 6.92 Å². The van der Waals surface area contributed by atoms with Crippen molar-refractivity contribution in [2.24, 2.45) is 0 Å². The van der Waals surface area contributed by atoms with Gasteiger partial charge in [0.15, 0.2) is 5.78 Å². The molecule has 2 aliphatic rings. The Hall–Kier alpha value is -7.02. The van der Waals surface area contributed by atoms with Gasteiger partial charge in [0, 0.05) is 59.6 Å². The van der Waals surface area contributed by atoms with E-state index in [-0.39, 0.29) is 57.7 Å². The first kappa shape index (κ1) is 37.3. The third-order valence-electron chi connectivity index (χ3n) is 9.41. The zero-order valence-corrected chi connectivity index (χ0v) is 31.3. The average Bonchev–Trinajstić information content (AvgIpc) is 3.58. The Bertz CT molecular complexity index is 2620. The summed E-state index contributed by atoms with van der Waals surface area (Å²) < 4.78 is 12.4. The zero-order chi connectivity index (χ0) is 38.4. The van der Waals surface area contributed by atoms with E-state index in [0.29, 0.717) is 28.7 Å². The van der Waals surface area contributed by atoms with Crippen LogP contribution in [0.2, 0.25) is 0 Å². The number of nitrogens with zero attached hydrogens (tertiary/aromatic N) is 2. The molecule has 1 radical (unpaired) electrons. The van der Waals surface area contributed by atoms with Crippen LogP contribution in [0.3, 0.4) is 0 Å². The Morgan fingerprint density at radius 1 is 0.571 bits per heavy atom. The number of amides is 5. The summed E-state index contributed by atoms with van der Waals surface area (Å²) in [5, 5.41) is 7.69. The Morgan fingerprint density at radius 2 is 1.11 bits per heavy atom. The van der Waals surface area contributed by atoms with E-state index in [4.69, 9.17) is 9.47 Å². The van der Waals surface area contributed by atoms with Crippen molar-refractivity contribution in [3.8, 4) is 23.0 Å². The minimum absolute atomic E-state index is 0. The van der Waals surface area contributed by atoms with E-state index in [9.17, 15) is 28.8 Å². The van der Waals surface area contributed by atoms with Crippen LogP contribution in [0.4, 0.5) is 11.4 Å². The monoisotopic (exact) mass is 781 g/mol. The molecule has 6 aromatic rings. The Balaban J connectivity index is 0.00000480. The molecule has 0 atom stereocenters. The Morgan fingerprint density at radius 3 is 1.71 bits per heavy atom. The number of benzene rings is 6. The van der Waals surface area contributed by atoms with Crippen molar-refractivity contribution >= 4 is 57.5 Å². The van der Waals surface area contributed by atoms with Gasteiger partial charge >= 0.3 is 0 Å². The minimum atomic E-state index is -0.758. The van der Waals surface area contributed by atoms with Gasteiger partial charge < -0.3 is 20.1 Å². The summed E-state index contributed by atoms with van der Waals surface area (Å²) in [6.07, 6.45) is 0. The molecule has 6 aromatic carbocycles. The topological polar surface area (TPSA) is 151 Å². The predicted molar refractivity (Wildman–Crippen MR) is 203 cm³/mol. The van der Waals surface area contributed by atoms with E-state index in [0.717, 1.165) is 26.3 Å². The van der Waals surface area contributed by atoms with E-state index in [1.165, 1.54) is 43.3 Å². The summed E-state index contributed by atoms with van der Waals surface area (Å²) in [6.45, 7) is 0.716. The van der Waals surface area contributed by atoms with Gasteiger partial charge in [-0.05, 0) is 97.2 Å². The van der Waals surface area contributed by atoms with E-state index in [1.54, 1.807) is 24.3 Å². The SMILES string of the molecule is CNc1ccc(Oc2cc(Oc3ccc(NC(=O)c4ccc5c(c4)C(=O)N(CN4C(=O)c6ccc(C(C)=O)cc6C4=O)C5=O)cc3)c3ccccc3c2)cc1.[V]. The third kappa shape index (κ3) is 6.90. The van der Waals surface area contributed by atoms with Crippen LogP contribution in [-0.2, 0) is 18.6 Å². The van der Waals surface area contributed by atoms with Crippen LogP contribution in [-0.4, -0.2) is 58.8 Å². The summed E-state index contributed by atoms with van der Waals surface area (Å²) >= 11 is 0. The van der Waals surface area contributed by atoms with Crippen molar-refractivity contribution in [2.75, 3.05) is 24.3 Å². The first-order valence-electron chi connectivity index (χ1n) is 17.2. The van der Waals surface area contributed by atoms with Crippen LogP contribution >= 0.6 is 0 Å². The first-order valence-corrected chi connectivity index (χ1v) is 17.2. The van der Waals surface area contributed by atoms with Crippen molar-refractivity contribution in [3.05, 3.63) is 155 Å². The molecule has 0 aromatic heterocycles. The Labute approximate surface area is 331 Å². The number of carbonyl (C=O) groups is 6. The normalized spacial score (nSPS) is 13.0. The van der Waals surface area contributed by atoms with Crippen LogP contribution in [0.5, 0.6) is 23.0 Å². The third-order valence-corrected chi connectivity index (χ3v) is 9.41. The number of ketones is 1. The average molecular weight is 782 g/mol. The number of hydrogen-bond donors (Lipinski definition) is 2. The smallest absolute Gasteiger partial charge is 0.263 e. The molecule has 275 valence electrons. The molecule has 0 spiro atoms.